The van der Waals surface area contributed by atoms with Crippen molar-refractivity contribution in [2.45, 2.75) is 46.1 Å². The first kappa shape index (κ1) is 15.2. The van der Waals surface area contributed by atoms with Crippen LogP contribution in [-0.4, -0.2) is 38.7 Å². The maximum atomic E-state index is 12.7. The highest BCUT2D eigenvalue weighted by Crippen LogP contribution is 2.30. The second kappa shape index (κ2) is 6.20. The number of carbonyl (C=O) groups excluding carboxylic acids is 1. The Kier molecular flexibility index (Phi) is 4.29. The van der Waals surface area contributed by atoms with E-state index in [0.29, 0.717) is 11.6 Å². The number of amides is 1. The molecule has 5 nitrogen and oxygen atoms in total. The first-order chi connectivity index (χ1) is 10.6. The van der Waals surface area contributed by atoms with Gasteiger partial charge in [-0.05, 0) is 39.7 Å². The minimum atomic E-state index is 0.0493. The number of nitrogens with zero attached hydrogens (tertiary/aromatic N) is 4. The normalized spacial score (nSPS) is 18.7. The summed E-state index contributed by atoms with van der Waals surface area (Å²) >= 11 is 1.75. The lowest BCUT2D eigenvalue weighted by atomic mass is 9.98. The predicted octanol–water partition coefficient (Wildman–Crippen LogP) is 3.00. The molecule has 6 heteroatoms. The van der Waals surface area contributed by atoms with Gasteiger partial charge in [0.05, 0.1) is 5.01 Å². The number of thiazole rings is 1. The Morgan fingerprint density at radius 1 is 1.45 bits per heavy atom. The van der Waals surface area contributed by atoms with Gasteiger partial charge in [-0.25, -0.2) is 4.98 Å². The summed E-state index contributed by atoms with van der Waals surface area (Å²) in [6.45, 7) is 8.47. The number of hydrogen-bond acceptors (Lipinski definition) is 4. The van der Waals surface area contributed by atoms with E-state index in [1.807, 2.05) is 35.7 Å². The van der Waals surface area contributed by atoms with Gasteiger partial charge in [0.25, 0.3) is 5.91 Å². The number of rotatable bonds is 3. The van der Waals surface area contributed by atoms with Crippen LogP contribution in [0.15, 0.2) is 12.3 Å². The van der Waals surface area contributed by atoms with Gasteiger partial charge >= 0.3 is 0 Å². The fourth-order valence-electron chi connectivity index (χ4n) is 3.02. The smallest absolute Gasteiger partial charge is 0.274 e. The van der Waals surface area contributed by atoms with Gasteiger partial charge < -0.3 is 4.90 Å². The zero-order valence-corrected chi connectivity index (χ0v) is 14.2. The highest BCUT2D eigenvalue weighted by Gasteiger charge is 2.28. The average Bonchev–Trinajstić information content (AvgIpc) is 3.12. The van der Waals surface area contributed by atoms with Crippen molar-refractivity contribution in [3.05, 3.63) is 33.5 Å². The molecule has 0 spiro atoms. The summed E-state index contributed by atoms with van der Waals surface area (Å²) in [6.07, 6.45) is 4.06. The van der Waals surface area contributed by atoms with Crippen LogP contribution in [0.2, 0.25) is 0 Å². The zero-order valence-electron chi connectivity index (χ0n) is 13.4. The van der Waals surface area contributed by atoms with Crippen LogP contribution in [0.5, 0.6) is 0 Å². The second-order valence-corrected chi connectivity index (χ2v) is 7.15. The number of aryl methyl sites for hydroxylation is 3. The summed E-state index contributed by atoms with van der Waals surface area (Å²) in [5.41, 5.74) is 1.60. The average molecular weight is 318 g/mol. The van der Waals surface area contributed by atoms with Gasteiger partial charge in [0.15, 0.2) is 5.69 Å². The van der Waals surface area contributed by atoms with Crippen LogP contribution in [0.25, 0.3) is 0 Å². The Morgan fingerprint density at radius 2 is 2.27 bits per heavy atom. The van der Waals surface area contributed by atoms with Crippen molar-refractivity contribution in [2.75, 3.05) is 13.1 Å². The fourth-order valence-corrected chi connectivity index (χ4v) is 3.92. The molecule has 0 saturated carbocycles. The summed E-state index contributed by atoms with van der Waals surface area (Å²) in [5, 5.41) is 5.58. The molecule has 0 N–H and O–H groups in total. The molecule has 1 aliphatic heterocycles. The quantitative estimate of drug-likeness (QED) is 0.874. The van der Waals surface area contributed by atoms with Crippen LogP contribution in [-0.2, 0) is 6.54 Å². The number of aromatic nitrogens is 3. The third-order valence-corrected chi connectivity index (χ3v) is 5.27. The number of piperidine rings is 1. The molecule has 22 heavy (non-hydrogen) atoms. The third-order valence-electron chi connectivity index (χ3n) is 4.20. The number of likely N-dealkylation sites (tertiary alicyclic amines) is 1. The predicted molar refractivity (Wildman–Crippen MR) is 87.4 cm³/mol. The van der Waals surface area contributed by atoms with Gasteiger partial charge in [0.2, 0.25) is 0 Å². The van der Waals surface area contributed by atoms with E-state index in [0.717, 1.165) is 43.2 Å². The number of carbonyl (C=O) groups is 1. The summed E-state index contributed by atoms with van der Waals surface area (Å²) in [7, 11) is 0. The van der Waals surface area contributed by atoms with E-state index in [1.54, 1.807) is 11.3 Å². The molecule has 2 aromatic heterocycles. The lowest BCUT2D eigenvalue weighted by molar-refractivity contribution is 0.0700. The zero-order chi connectivity index (χ0) is 15.7. The molecule has 3 rings (SSSR count). The minimum Gasteiger partial charge on any atom is -0.337 e. The van der Waals surface area contributed by atoms with Crippen molar-refractivity contribution < 1.29 is 4.79 Å². The maximum Gasteiger partial charge on any atom is 0.274 e. The first-order valence-corrected chi connectivity index (χ1v) is 8.66. The largest absolute Gasteiger partial charge is 0.337 e. The van der Waals surface area contributed by atoms with Crippen LogP contribution in [0, 0.1) is 13.8 Å². The molecule has 1 saturated heterocycles. The first-order valence-electron chi connectivity index (χ1n) is 7.84. The van der Waals surface area contributed by atoms with Crippen molar-refractivity contribution in [3.8, 4) is 0 Å². The monoisotopic (exact) mass is 318 g/mol. The highest BCUT2D eigenvalue weighted by atomic mass is 32.1. The molecule has 1 atom stereocenters. The maximum absolute atomic E-state index is 12.7. The van der Waals surface area contributed by atoms with Crippen molar-refractivity contribution in [1.82, 2.24) is 19.7 Å². The van der Waals surface area contributed by atoms with Crippen molar-refractivity contribution in [3.63, 3.8) is 0 Å². The third kappa shape index (κ3) is 2.92. The van der Waals surface area contributed by atoms with Crippen LogP contribution in [0.1, 0.15) is 51.8 Å². The summed E-state index contributed by atoms with van der Waals surface area (Å²) < 4.78 is 1.87. The molecule has 1 amide bonds. The number of hydrogen-bond donors (Lipinski definition) is 0. The van der Waals surface area contributed by atoms with Gasteiger partial charge in [0, 0.05) is 42.3 Å². The Balaban J connectivity index is 1.74. The molecule has 2 aromatic rings. The molecule has 0 bridgehead atoms. The van der Waals surface area contributed by atoms with E-state index in [4.69, 9.17) is 0 Å². The molecule has 1 aliphatic rings. The minimum absolute atomic E-state index is 0.0493. The Labute approximate surface area is 135 Å². The molecular weight excluding hydrogens is 296 g/mol. The standard InChI is InChI=1S/C16H22N4OS/c1-4-20-11(2)8-14(18-20)16(21)19-7-5-6-13(10-19)15-17-9-12(3)22-15/h8-9,13H,4-7,10H2,1-3H3/t13-/m0/s1. The molecule has 0 unspecified atom stereocenters. The van der Waals surface area contributed by atoms with Gasteiger partial charge in [-0.1, -0.05) is 0 Å². The van der Waals surface area contributed by atoms with Gasteiger partial charge in [0.1, 0.15) is 0 Å². The van der Waals surface area contributed by atoms with Gasteiger partial charge in [-0.2, -0.15) is 5.10 Å². The van der Waals surface area contributed by atoms with Crippen LogP contribution in [0.4, 0.5) is 0 Å². The van der Waals surface area contributed by atoms with Gasteiger partial charge in [-0.3, -0.25) is 9.48 Å². The van der Waals surface area contributed by atoms with E-state index >= 15 is 0 Å². The second-order valence-electron chi connectivity index (χ2n) is 5.89. The Bertz CT molecular complexity index is 675. The molecule has 0 aromatic carbocycles. The summed E-state index contributed by atoms with van der Waals surface area (Å²) in [5.74, 6) is 0.416. The van der Waals surface area contributed by atoms with E-state index in [9.17, 15) is 4.79 Å². The molecule has 0 radical (unpaired) electrons. The Hall–Kier alpha value is -1.69. The molecule has 3 heterocycles. The molecular formula is C16H22N4OS. The van der Waals surface area contributed by atoms with E-state index in [-0.39, 0.29) is 5.91 Å². The fraction of sp³-hybridized carbons (Fsp3) is 0.562. The SMILES string of the molecule is CCn1nc(C(=O)N2CCC[C@H](c3ncc(C)s3)C2)cc1C. The molecule has 0 aliphatic carbocycles. The summed E-state index contributed by atoms with van der Waals surface area (Å²) in [6, 6.07) is 1.89. The van der Waals surface area contributed by atoms with Gasteiger partial charge in [-0.15, -0.1) is 11.3 Å². The van der Waals surface area contributed by atoms with Crippen molar-refractivity contribution >= 4 is 17.2 Å². The van der Waals surface area contributed by atoms with Crippen LogP contribution >= 0.6 is 11.3 Å². The topological polar surface area (TPSA) is 51.0 Å². The lowest BCUT2D eigenvalue weighted by Crippen LogP contribution is -2.39. The Morgan fingerprint density at radius 3 is 2.91 bits per heavy atom. The van der Waals surface area contributed by atoms with E-state index < -0.39 is 0 Å². The van der Waals surface area contributed by atoms with Crippen LogP contribution in [0.3, 0.4) is 0 Å². The van der Waals surface area contributed by atoms with Crippen LogP contribution < -0.4 is 0 Å². The van der Waals surface area contributed by atoms with Crippen molar-refractivity contribution in [1.29, 1.82) is 0 Å². The molecule has 118 valence electrons. The van der Waals surface area contributed by atoms with E-state index in [2.05, 4.69) is 17.0 Å². The van der Waals surface area contributed by atoms with E-state index in [1.165, 1.54) is 4.88 Å². The lowest BCUT2D eigenvalue weighted by Gasteiger charge is -2.31. The summed E-state index contributed by atoms with van der Waals surface area (Å²) in [4.78, 5) is 20.4. The van der Waals surface area contributed by atoms with Crippen molar-refractivity contribution in [2.24, 2.45) is 0 Å². The highest BCUT2D eigenvalue weighted by molar-refractivity contribution is 7.11. The molecule has 1 fully saturated rings.